The van der Waals surface area contributed by atoms with Crippen LogP contribution in [0.25, 0.3) is 0 Å². The number of esters is 2. The number of aliphatic hydroxyl groups excluding tert-OH is 17. The Morgan fingerprint density at radius 3 is 0.905 bits per heavy atom. The molecule has 0 aromatic carbocycles. The number of ether oxygens (including phenoxy) is 17. The summed E-state index contributed by atoms with van der Waals surface area (Å²) in [5, 5.41) is 174. The minimum absolute atomic E-state index is 0.207. The first-order valence-corrected chi connectivity index (χ1v) is 31.1. The molecule has 38 nitrogen and oxygen atoms in total. The highest BCUT2D eigenvalue weighted by Crippen LogP contribution is 2.25. The standard InChI is InChI=1S/C57H112O38/c1-4-57(35-84-20-47(74)18-79-15-41(68)6-59,37-86-31-54(30-82-24-48(11-64)87-21-43(70)8-61)94-55(75)38(2)93-56(76)39(3)95-77)36-85-29-52(91-33-50(13-66)90-32-49(12-65)88-22-44(71)9-62)27-83-26-51(25-81-19-46(73)17-78-14-40(67)5-58)92-34-53(89-23-45(72)10-63)28-80-16-42(69)7-60/h38-54,58-74,77H,4-37H2,1-3H3. The Hall–Kier alpha value is -2.42. The number of hydrogen-bond acceptors (Lipinski definition) is 38. The lowest BCUT2D eigenvalue weighted by Gasteiger charge is -2.34. The highest BCUT2D eigenvalue weighted by molar-refractivity contribution is 5.80. The molecule has 0 aromatic rings. The highest BCUT2D eigenvalue weighted by atomic mass is 17.1. The Bertz CT molecular complexity index is 1760. The van der Waals surface area contributed by atoms with Gasteiger partial charge in [0.2, 0.25) is 0 Å². The molecule has 0 aliphatic heterocycles. The van der Waals surface area contributed by atoms with Gasteiger partial charge in [-0.25, -0.2) is 14.5 Å². The molecule has 0 saturated heterocycles. The van der Waals surface area contributed by atoms with Crippen molar-refractivity contribution in [3.8, 4) is 0 Å². The topological polar surface area (TPSA) is 564 Å². The summed E-state index contributed by atoms with van der Waals surface area (Å²) in [5.41, 5.74) is -1.16. The van der Waals surface area contributed by atoms with Gasteiger partial charge in [-0.05, 0) is 20.3 Å². The molecule has 0 saturated carbocycles. The normalized spacial score (nSPS) is 18.2. The molecule has 0 radical (unpaired) electrons. The molecule has 0 rings (SSSR count). The molecule has 0 spiro atoms. The Balaban J connectivity index is 7.15. The smallest absolute Gasteiger partial charge is 0.347 e. The molecule has 38 heteroatoms. The van der Waals surface area contributed by atoms with E-state index in [1.807, 2.05) is 0 Å². The van der Waals surface area contributed by atoms with Gasteiger partial charge >= 0.3 is 11.9 Å². The van der Waals surface area contributed by atoms with E-state index in [4.69, 9.17) is 90.9 Å². The van der Waals surface area contributed by atoms with Gasteiger partial charge in [0.1, 0.15) is 91.6 Å². The molecular weight excluding hydrogens is 1290 g/mol. The van der Waals surface area contributed by atoms with Crippen LogP contribution in [0.15, 0.2) is 0 Å². The molecule has 568 valence electrons. The minimum Gasteiger partial charge on any atom is -0.455 e. The Kier molecular flexibility index (Phi) is 57.8. The van der Waals surface area contributed by atoms with Crippen molar-refractivity contribution in [2.24, 2.45) is 5.41 Å². The molecule has 0 amide bonds. The molecule has 18 N–H and O–H groups in total. The number of aliphatic hydroxyl groups is 17. The fourth-order valence-corrected chi connectivity index (χ4v) is 7.18. The molecule has 0 aromatic heterocycles. The zero-order chi connectivity index (χ0) is 71.2. The van der Waals surface area contributed by atoms with E-state index in [0.29, 0.717) is 0 Å². The molecule has 18 unspecified atom stereocenters. The summed E-state index contributed by atoms with van der Waals surface area (Å²) in [6.07, 6.45) is -20.1. The van der Waals surface area contributed by atoms with Gasteiger partial charge in [0.05, 0.1) is 218 Å². The quantitative estimate of drug-likeness (QED) is 0.0153. The van der Waals surface area contributed by atoms with Gasteiger partial charge in [-0.15, -0.1) is 0 Å². The van der Waals surface area contributed by atoms with Crippen molar-refractivity contribution in [2.75, 3.05) is 218 Å². The van der Waals surface area contributed by atoms with Gasteiger partial charge in [0.25, 0.3) is 0 Å². The van der Waals surface area contributed by atoms with Crippen LogP contribution in [0, 0.1) is 5.41 Å². The van der Waals surface area contributed by atoms with Gasteiger partial charge in [-0.2, -0.15) is 0 Å². The molecule has 0 fully saturated rings. The maximum absolute atomic E-state index is 13.3. The van der Waals surface area contributed by atoms with Gasteiger partial charge in [-0.1, -0.05) is 6.92 Å². The summed E-state index contributed by atoms with van der Waals surface area (Å²) < 4.78 is 97.4. The Morgan fingerprint density at radius 1 is 0.284 bits per heavy atom. The molecule has 0 bridgehead atoms. The minimum atomic E-state index is -1.55. The van der Waals surface area contributed by atoms with Crippen molar-refractivity contribution in [1.82, 2.24) is 0 Å². The average molecular weight is 1410 g/mol. The summed E-state index contributed by atoms with van der Waals surface area (Å²) in [5.74, 6) is -2.20. The number of hydrogen-bond donors (Lipinski definition) is 18. The number of carbonyl (C=O) groups excluding carboxylic acids is 2. The summed E-state index contributed by atoms with van der Waals surface area (Å²) in [6.45, 7) is -8.77. The van der Waals surface area contributed by atoms with Crippen LogP contribution in [0.5, 0.6) is 0 Å². The van der Waals surface area contributed by atoms with Gasteiger partial charge in [-0.3, -0.25) is 5.26 Å². The zero-order valence-corrected chi connectivity index (χ0v) is 54.6. The van der Waals surface area contributed by atoms with E-state index in [0.717, 1.165) is 6.92 Å². The summed E-state index contributed by atoms with van der Waals surface area (Å²) >= 11 is 0. The lowest BCUT2D eigenvalue weighted by atomic mass is 9.88. The molecule has 0 aliphatic carbocycles. The van der Waals surface area contributed by atoms with Crippen molar-refractivity contribution in [2.45, 2.75) is 131 Å². The first kappa shape index (κ1) is 92.6. The average Bonchev–Trinajstić information content (AvgIpc) is 0.989. The van der Waals surface area contributed by atoms with Gasteiger partial charge in [0, 0.05) is 5.41 Å². The van der Waals surface area contributed by atoms with E-state index >= 15 is 0 Å². The fourth-order valence-electron chi connectivity index (χ4n) is 7.18. The lowest BCUT2D eigenvalue weighted by Crippen LogP contribution is -2.42. The third-order valence-electron chi connectivity index (χ3n) is 13.0. The van der Waals surface area contributed by atoms with Crippen molar-refractivity contribution in [3.63, 3.8) is 0 Å². The predicted molar refractivity (Wildman–Crippen MR) is 319 cm³/mol. The Labute approximate surface area is 552 Å². The van der Waals surface area contributed by atoms with Crippen molar-refractivity contribution >= 4 is 11.9 Å². The van der Waals surface area contributed by atoms with Crippen LogP contribution in [-0.4, -0.2) is 426 Å². The lowest BCUT2D eigenvalue weighted by molar-refractivity contribution is -0.274. The van der Waals surface area contributed by atoms with Crippen molar-refractivity contribution in [1.29, 1.82) is 0 Å². The van der Waals surface area contributed by atoms with Crippen LogP contribution < -0.4 is 0 Å². The van der Waals surface area contributed by atoms with E-state index < -0.39 is 194 Å². The molecular formula is C57H112O38. The second kappa shape index (κ2) is 59.3. The first-order valence-electron chi connectivity index (χ1n) is 31.1. The summed E-state index contributed by atoms with van der Waals surface area (Å²) in [6, 6.07) is 0. The highest BCUT2D eigenvalue weighted by Gasteiger charge is 2.33. The van der Waals surface area contributed by atoms with E-state index in [-0.39, 0.29) is 152 Å². The van der Waals surface area contributed by atoms with Crippen LogP contribution in [0.2, 0.25) is 0 Å². The van der Waals surface area contributed by atoms with Crippen LogP contribution in [-0.2, 0) is 95.0 Å². The molecule has 0 aliphatic rings. The maximum Gasteiger partial charge on any atom is 0.347 e. The predicted octanol–water partition coefficient (Wildman–Crippen LogP) is -9.62. The van der Waals surface area contributed by atoms with Crippen LogP contribution in [0.1, 0.15) is 27.2 Å². The summed E-state index contributed by atoms with van der Waals surface area (Å²) in [4.78, 5) is 29.6. The van der Waals surface area contributed by atoms with E-state index in [1.54, 1.807) is 6.92 Å². The largest absolute Gasteiger partial charge is 0.455 e. The van der Waals surface area contributed by atoms with Crippen molar-refractivity contribution in [3.05, 3.63) is 0 Å². The van der Waals surface area contributed by atoms with E-state index in [1.165, 1.54) is 6.92 Å². The van der Waals surface area contributed by atoms with Crippen LogP contribution in [0.3, 0.4) is 0 Å². The third-order valence-corrected chi connectivity index (χ3v) is 13.0. The molecule has 95 heavy (non-hydrogen) atoms. The summed E-state index contributed by atoms with van der Waals surface area (Å²) in [7, 11) is 0. The molecule has 0 heterocycles. The van der Waals surface area contributed by atoms with Crippen LogP contribution in [0.4, 0.5) is 0 Å². The number of rotatable bonds is 69. The SMILES string of the molecule is CCC(COCC(O)COCC(O)CO)(COCC(COCC(COCC(O)COCC(O)CO)OCC(COCC(O)CO)OCC(O)CO)OCC(CO)OCC(CO)OCC(O)CO)COCC(COCC(CO)OCC(O)CO)OC(=O)C(C)OC(=O)C(C)OO. The fraction of sp³-hybridized carbons (Fsp3) is 0.965. The zero-order valence-electron chi connectivity index (χ0n) is 54.6. The van der Waals surface area contributed by atoms with Gasteiger partial charge < -0.3 is 167 Å². The second-order valence-electron chi connectivity index (χ2n) is 22.1. The van der Waals surface area contributed by atoms with E-state index in [9.17, 15) is 91.3 Å². The van der Waals surface area contributed by atoms with Crippen molar-refractivity contribution < 1.29 is 187 Å². The molecule has 18 atom stereocenters. The van der Waals surface area contributed by atoms with E-state index in [2.05, 4.69) is 4.89 Å². The number of carbonyl (C=O) groups is 2. The second-order valence-corrected chi connectivity index (χ2v) is 22.1. The van der Waals surface area contributed by atoms with Crippen LogP contribution >= 0.6 is 0 Å². The third kappa shape index (κ3) is 48.1. The van der Waals surface area contributed by atoms with Gasteiger partial charge in [0.15, 0.2) is 12.2 Å². The Morgan fingerprint density at radius 2 is 0.526 bits per heavy atom. The first-order chi connectivity index (χ1) is 45.5. The monoisotopic (exact) mass is 1400 g/mol. The maximum atomic E-state index is 13.3.